The lowest BCUT2D eigenvalue weighted by Crippen LogP contribution is -2.59. The molecule has 91 heavy (non-hydrogen) atoms. The highest BCUT2D eigenvalue weighted by Gasteiger charge is 2.44. The fourth-order valence-corrected chi connectivity index (χ4v) is 15.5. The first-order valence-corrected chi connectivity index (χ1v) is 31.4. The van der Waals surface area contributed by atoms with E-state index >= 15 is 0 Å². The SMILES string of the molecule is c1ccc(-c2ccc(-c3c4ccccc4c(-c4ccc5c(c4)N(c4c(-c6ccccc6)cccc4-c4ccccc4)c4cc(-n6c7ccccc7c7ccccc76)cc6c4B5c4ccc(-n5c7ccccc7c7ccccc75)cc4O6)c4ccccc34)cc2)cc1. The Kier molecular flexibility index (Phi) is 11.4. The molecule has 17 aromatic rings. The van der Waals surface area contributed by atoms with Crippen LogP contribution in [0.25, 0.3) is 132 Å². The zero-order valence-electron chi connectivity index (χ0n) is 49.5. The van der Waals surface area contributed by atoms with Crippen molar-refractivity contribution in [3.8, 4) is 78.5 Å². The third-order valence-corrected chi connectivity index (χ3v) is 19.4. The second-order valence-corrected chi connectivity index (χ2v) is 24.2. The van der Waals surface area contributed by atoms with Gasteiger partial charge in [0.15, 0.2) is 0 Å². The minimum Gasteiger partial charge on any atom is -0.458 e. The number of benzene rings is 15. The highest BCUT2D eigenvalue weighted by molar-refractivity contribution is 6.99. The fraction of sp³-hybridized carbons (Fsp3) is 0. The second-order valence-electron chi connectivity index (χ2n) is 24.2. The fourth-order valence-electron chi connectivity index (χ4n) is 15.5. The van der Waals surface area contributed by atoms with Gasteiger partial charge in [-0.2, -0.15) is 0 Å². The van der Waals surface area contributed by atoms with Crippen LogP contribution in [0.4, 0.5) is 17.1 Å². The summed E-state index contributed by atoms with van der Waals surface area (Å²) in [6.45, 7) is -0.216. The maximum Gasteiger partial charge on any atom is 0.256 e. The third kappa shape index (κ3) is 7.84. The zero-order valence-corrected chi connectivity index (χ0v) is 49.5. The van der Waals surface area contributed by atoms with Gasteiger partial charge in [-0.1, -0.05) is 273 Å². The molecule has 0 saturated carbocycles. The Morgan fingerprint density at radius 3 is 1.16 bits per heavy atom. The Morgan fingerprint density at radius 1 is 0.253 bits per heavy atom. The molecule has 0 unspecified atom stereocenters. The molecule has 0 aliphatic carbocycles. The van der Waals surface area contributed by atoms with Crippen molar-refractivity contribution in [1.29, 1.82) is 0 Å². The van der Waals surface area contributed by atoms with Gasteiger partial charge in [0.25, 0.3) is 6.71 Å². The van der Waals surface area contributed by atoms with E-state index in [4.69, 9.17) is 4.74 Å². The smallest absolute Gasteiger partial charge is 0.256 e. The molecular formula is C86H54BN3O. The molecule has 4 nitrogen and oxygen atoms in total. The summed E-state index contributed by atoms with van der Waals surface area (Å²) >= 11 is 0. The summed E-state index contributed by atoms with van der Waals surface area (Å²) in [4.78, 5) is 2.62. The van der Waals surface area contributed by atoms with E-state index in [2.05, 4.69) is 342 Å². The molecule has 0 saturated heterocycles. The largest absolute Gasteiger partial charge is 0.458 e. The Balaban J connectivity index is 0.918. The van der Waals surface area contributed by atoms with Crippen LogP contribution < -0.4 is 26.0 Å². The van der Waals surface area contributed by atoms with Crippen molar-refractivity contribution in [3.63, 3.8) is 0 Å². The van der Waals surface area contributed by atoms with Crippen LogP contribution >= 0.6 is 0 Å². The van der Waals surface area contributed by atoms with Crippen molar-refractivity contribution >= 4 is 105 Å². The summed E-state index contributed by atoms with van der Waals surface area (Å²) in [6, 6.07) is 121. The molecule has 0 N–H and O–H groups in total. The van der Waals surface area contributed by atoms with E-state index in [1.807, 2.05) is 0 Å². The lowest BCUT2D eigenvalue weighted by Gasteiger charge is -2.42. The molecule has 5 heteroatoms. The molecule has 2 aliphatic rings. The Bertz CT molecular complexity index is 5590. The van der Waals surface area contributed by atoms with E-state index in [9.17, 15) is 0 Å². The summed E-state index contributed by atoms with van der Waals surface area (Å²) in [7, 11) is 0. The van der Waals surface area contributed by atoms with Gasteiger partial charge in [-0.05, 0) is 125 Å². The van der Waals surface area contributed by atoms with Crippen LogP contribution in [-0.4, -0.2) is 15.8 Å². The molecule has 0 radical (unpaired) electrons. The number of nitrogens with zero attached hydrogens (tertiary/aromatic N) is 3. The number of anilines is 3. The van der Waals surface area contributed by atoms with Crippen LogP contribution in [0.5, 0.6) is 11.5 Å². The standard InChI is InChI=1S/C86H54BN3O/c1-4-23-55(24-5-1)56-43-45-59(46-44-56)83-69-33-10-12-35-71(69)84(72-36-13-11-34-70(72)83)60-47-49-73-79(51-60)90(86-63(57-25-6-2-7-26-57)37-22-38-64(86)58-27-8-3-9-28-58)80-52-62(89-77-41-20-16-31-67(77)68-32-17-21-42-78(68)89)54-82-85(80)87(73)74-50-48-61(53-81(74)91-82)88-75-39-18-14-29-65(75)66-30-15-19-40-76(66)88/h1-54H. The van der Waals surface area contributed by atoms with E-state index in [1.54, 1.807) is 0 Å². The number of fused-ring (bicyclic) bond motifs is 12. The van der Waals surface area contributed by atoms with Gasteiger partial charge in [0.1, 0.15) is 11.5 Å². The summed E-state index contributed by atoms with van der Waals surface area (Å²) in [5.74, 6) is 1.67. The Labute approximate surface area is 527 Å². The van der Waals surface area contributed by atoms with Gasteiger partial charge in [-0.25, -0.2) is 0 Å². The van der Waals surface area contributed by atoms with Crippen molar-refractivity contribution in [3.05, 3.63) is 328 Å². The van der Waals surface area contributed by atoms with Crippen molar-refractivity contribution < 1.29 is 4.74 Å². The number of hydrogen-bond acceptors (Lipinski definition) is 2. The van der Waals surface area contributed by atoms with Gasteiger partial charge in [-0.3, -0.25) is 0 Å². The van der Waals surface area contributed by atoms with Gasteiger partial charge >= 0.3 is 0 Å². The molecule has 2 aromatic heterocycles. The van der Waals surface area contributed by atoms with Crippen molar-refractivity contribution in [1.82, 2.24) is 9.13 Å². The van der Waals surface area contributed by atoms with Gasteiger partial charge in [-0.15, -0.1) is 0 Å². The predicted molar refractivity (Wildman–Crippen MR) is 383 cm³/mol. The Hall–Kier alpha value is -11.9. The summed E-state index contributed by atoms with van der Waals surface area (Å²) < 4.78 is 12.5. The summed E-state index contributed by atoms with van der Waals surface area (Å²) in [6.07, 6.45) is 0. The molecule has 2 aliphatic heterocycles. The van der Waals surface area contributed by atoms with E-state index in [1.165, 1.54) is 76.4 Å². The molecule has 0 bridgehead atoms. The van der Waals surface area contributed by atoms with E-state index in [-0.39, 0.29) is 6.71 Å². The van der Waals surface area contributed by atoms with E-state index in [0.29, 0.717) is 0 Å². The average Bonchev–Trinajstić information content (AvgIpc) is 1.31. The summed E-state index contributed by atoms with van der Waals surface area (Å²) in [5, 5.41) is 9.66. The maximum atomic E-state index is 7.69. The number of ether oxygens (including phenoxy) is 1. The van der Waals surface area contributed by atoms with Gasteiger partial charge < -0.3 is 18.8 Å². The predicted octanol–water partition coefficient (Wildman–Crippen LogP) is 20.9. The summed E-state index contributed by atoms with van der Waals surface area (Å²) in [5.41, 5.74) is 25.0. The van der Waals surface area contributed by atoms with Crippen LogP contribution in [-0.2, 0) is 0 Å². The molecule has 0 amide bonds. The lowest BCUT2D eigenvalue weighted by atomic mass is 9.34. The number of rotatable bonds is 8. The molecule has 422 valence electrons. The first-order chi connectivity index (χ1) is 45.2. The number of para-hydroxylation sites is 5. The average molecular weight is 1160 g/mol. The van der Waals surface area contributed by atoms with Crippen molar-refractivity contribution in [2.24, 2.45) is 0 Å². The molecule has 4 heterocycles. The van der Waals surface area contributed by atoms with Crippen LogP contribution in [0, 0.1) is 0 Å². The van der Waals surface area contributed by atoms with Crippen molar-refractivity contribution in [2.75, 3.05) is 4.90 Å². The highest BCUT2D eigenvalue weighted by atomic mass is 16.5. The normalized spacial score (nSPS) is 12.4. The topological polar surface area (TPSA) is 22.3 Å². The number of aromatic nitrogens is 2. The van der Waals surface area contributed by atoms with Crippen LogP contribution in [0.2, 0.25) is 0 Å². The van der Waals surface area contributed by atoms with Crippen LogP contribution in [0.1, 0.15) is 0 Å². The minimum atomic E-state index is -0.216. The molecule has 0 atom stereocenters. The van der Waals surface area contributed by atoms with Gasteiger partial charge in [0, 0.05) is 61.9 Å². The van der Waals surface area contributed by atoms with Gasteiger partial charge in [0.2, 0.25) is 0 Å². The van der Waals surface area contributed by atoms with E-state index in [0.717, 1.165) is 101 Å². The molecule has 15 aromatic carbocycles. The molecule has 0 spiro atoms. The second kappa shape index (κ2) is 20.3. The molecule has 19 rings (SSSR count). The molecule has 0 fully saturated rings. The van der Waals surface area contributed by atoms with Crippen LogP contribution in [0.15, 0.2) is 328 Å². The first-order valence-electron chi connectivity index (χ1n) is 31.4. The third-order valence-electron chi connectivity index (χ3n) is 19.4. The minimum absolute atomic E-state index is 0.216. The Morgan fingerprint density at radius 2 is 0.648 bits per heavy atom. The van der Waals surface area contributed by atoms with Crippen molar-refractivity contribution in [2.45, 2.75) is 0 Å². The quantitative estimate of drug-likeness (QED) is 0.112. The maximum absolute atomic E-state index is 7.69. The zero-order chi connectivity index (χ0) is 59.7. The highest BCUT2D eigenvalue weighted by Crippen LogP contribution is 2.52. The first kappa shape index (κ1) is 51.2. The van der Waals surface area contributed by atoms with E-state index < -0.39 is 0 Å². The molecular weight excluding hydrogens is 1100 g/mol. The monoisotopic (exact) mass is 1160 g/mol. The van der Waals surface area contributed by atoms with Gasteiger partial charge in [0.05, 0.1) is 33.4 Å². The van der Waals surface area contributed by atoms with Crippen LogP contribution in [0.3, 0.4) is 0 Å². The lowest BCUT2D eigenvalue weighted by molar-refractivity contribution is 0.487. The number of hydrogen-bond donors (Lipinski definition) is 0.